The third kappa shape index (κ3) is 2.11. The second-order valence-electron chi connectivity index (χ2n) is 11.8. The van der Waals surface area contributed by atoms with Crippen molar-refractivity contribution in [1.82, 2.24) is 4.90 Å². The zero-order chi connectivity index (χ0) is 24.4. The number of carboxylic acid groups (broad SMARTS) is 1. The lowest BCUT2D eigenvalue weighted by Gasteiger charge is -2.69. The molecule has 5 aliphatic carbocycles. The SMILES string of the molecule is CCN1C[C@]2(C(=O)O)CC[C@H](OC)[C@@]34[C@@H]5C[C@H]6[C@H](OC)[C@@H]5[C@](O)(C[C@@H]6OC)[C@](O)([C@@H](OC)[C@H]23)[C@@H]14. The number of hydrogen-bond donors (Lipinski definition) is 3. The van der Waals surface area contributed by atoms with Crippen molar-refractivity contribution in [1.29, 1.82) is 0 Å². The predicted molar refractivity (Wildman–Crippen MR) is 119 cm³/mol. The Morgan fingerprint density at radius 3 is 2.38 bits per heavy atom. The number of aliphatic hydroxyl groups is 2. The molecule has 0 aromatic carbocycles. The minimum atomic E-state index is -1.69. The lowest BCUT2D eigenvalue weighted by atomic mass is 9.42. The summed E-state index contributed by atoms with van der Waals surface area (Å²) >= 11 is 0. The summed E-state index contributed by atoms with van der Waals surface area (Å²) in [6.07, 6.45) is 0.447. The third-order valence-corrected chi connectivity index (χ3v) is 11.6. The van der Waals surface area contributed by atoms with Gasteiger partial charge in [0.05, 0.1) is 35.9 Å². The second-order valence-corrected chi connectivity index (χ2v) is 11.8. The number of carbonyl (C=O) groups is 1. The first kappa shape index (κ1) is 23.6. The number of piperidine rings is 1. The maximum absolute atomic E-state index is 13.1. The fraction of sp³-hybridized carbons (Fsp3) is 0.960. The van der Waals surface area contributed by atoms with Gasteiger partial charge in [0.1, 0.15) is 11.2 Å². The van der Waals surface area contributed by atoms with Gasteiger partial charge in [-0.1, -0.05) is 6.92 Å². The van der Waals surface area contributed by atoms with Crippen molar-refractivity contribution in [2.45, 2.75) is 74.3 Å². The van der Waals surface area contributed by atoms with Crippen LogP contribution in [0.25, 0.3) is 0 Å². The van der Waals surface area contributed by atoms with E-state index < -0.39 is 46.1 Å². The smallest absolute Gasteiger partial charge is 0.311 e. The molecule has 0 radical (unpaired) electrons. The molecular formula is C25H39NO8. The van der Waals surface area contributed by atoms with Crippen molar-refractivity contribution in [3.63, 3.8) is 0 Å². The summed E-state index contributed by atoms with van der Waals surface area (Å²) in [5.41, 5.74) is -4.99. The molecule has 3 N–H and O–H groups in total. The van der Waals surface area contributed by atoms with Gasteiger partial charge in [0.15, 0.2) is 0 Å². The minimum absolute atomic E-state index is 0.0676. The van der Waals surface area contributed by atoms with Gasteiger partial charge in [-0.15, -0.1) is 0 Å². The summed E-state index contributed by atoms with van der Waals surface area (Å²) in [6.45, 7) is 2.92. The molecule has 5 saturated carbocycles. The van der Waals surface area contributed by atoms with Crippen LogP contribution in [0.3, 0.4) is 0 Å². The van der Waals surface area contributed by atoms with Gasteiger partial charge in [0.2, 0.25) is 0 Å². The Morgan fingerprint density at radius 1 is 1.09 bits per heavy atom. The van der Waals surface area contributed by atoms with Gasteiger partial charge in [-0.2, -0.15) is 0 Å². The zero-order valence-electron chi connectivity index (χ0n) is 20.8. The Kier molecular flexibility index (Phi) is 4.96. The van der Waals surface area contributed by atoms with E-state index in [4.69, 9.17) is 18.9 Å². The lowest BCUT2D eigenvalue weighted by Crippen LogP contribution is -2.82. The molecule has 6 aliphatic rings. The molecule has 1 saturated heterocycles. The summed E-state index contributed by atoms with van der Waals surface area (Å²) in [6, 6.07) is -0.476. The molecule has 0 aromatic heterocycles. The number of fused-ring (bicyclic) bond motifs is 2. The van der Waals surface area contributed by atoms with Crippen molar-refractivity contribution in [2.24, 2.45) is 34.5 Å². The molecule has 34 heavy (non-hydrogen) atoms. The number of aliphatic carboxylic acids is 1. The molecule has 7 bridgehead atoms. The highest BCUT2D eigenvalue weighted by Crippen LogP contribution is 2.80. The largest absolute Gasteiger partial charge is 0.481 e. The summed E-state index contributed by atoms with van der Waals surface area (Å²) in [5, 5.41) is 36.4. The van der Waals surface area contributed by atoms with Crippen LogP contribution >= 0.6 is 0 Å². The van der Waals surface area contributed by atoms with Crippen molar-refractivity contribution >= 4 is 5.97 Å². The molecule has 1 aliphatic heterocycles. The van der Waals surface area contributed by atoms with Gasteiger partial charge < -0.3 is 34.3 Å². The molecule has 13 atom stereocenters. The fourth-order valence-corrected chi connectivity index (χ4v) is 10.9. The van der Waals surface area contributed by atoms with Gasteiger partial charge in [-0.25, -0.2) is 0 Å². The van der Waals surface area contributed by atoms with E-state index in [0.717, 1.165) is 6.42 Å². The maximum atomic E-state index is 13.1. The van der Waals surface area contributed by atoms with Crippen LogP contribution in [0.5, 0.6) is 0 Å². The van der Waals surface area contributed by atoms with Gasteiger partial charge in [0, 0.05) is 64.6 Å². The number of likely N-dealkylation sites (N-methyl/N-ethyl adjacent to an activating group) is 1. The number of ether oxygens (including phenoxy) is 4. The van der Waals surface area contributed by atoms with E-state index in [1.165, 1.54) is 0 Å². The van der Waals surface area contributed by atoms with E-state index in [1.807, 2.05) is 6.92 Å². The van der Waals surface area contributed by atoms with Crippen LogP contribution in [-0.4, -0.2) is 109 Å². The van der Waals surface area contributed by atoms with Crippen molar-refractivity contribution in [2.75, 3.05) is 41.5 Å². The molecule has 0 amide bonds. The van der Waals surface area contributed by atoms with E-state index in [1.54, 1.807) is 28.4 Å². The number of nitrogens with zero attached hydrogens (tertiary/aromatic N) is 1. The van der Waals surface area contributed by atoms with Gasteiger partial charge in [-0.3, -0.25) is 9.69 Å². The van der Waals surface area contributed by atoms with Gasteiger partial charge in [0.25, 0.3) is 0 Å². The number of likely N-dealkylation sites (tertiary alicyclic amines) is 1. The zero-order valence-corrected chi connectivity index (χ0v) is 20.8. The lowest BCUT2D eigenvalue weighted by molar-refractivity contribution is -0.318. The predicted octanol–water partition coefficient (Wildman–Crippen LogP) is 0.363. The molecule has 1 heterocycles. The summed E-state index contributed by atoms with van der Waals surface area (Å²) < 4.78 is 24.3. The topological polar surface area (TPSA) is 118 Å². The molecule has 9 heteroatoms. The number of hydrogen-bond acceptors (Lipinski definition) is 8. The third-order valence-electron chi connectivity index (χ3n) is 11.6. The first-order valence-corrected chi connectivity index (χ1v) is 12.7. The van der Waals surface area contributed by atoms with E-state index in [2.05, 4.69) is 4.90 Å². The standard InChI is InChI=1S/C25H39NO8/c1-6-26-11-22(21(27)28)8-7-15(32-3)24-13-9-12-14(31-2)10-23(29,16(13)17(12)33-4)25(30,20(24)26)19(34-5)18(22)24/h12-20,29-30H,6-11H2,1-5H3,(H,27,28)/t12-,13-,14+,15+,16-,17+,18-,19+,20+,22-,23-,24+,25+/m1/s1. The molecule has 192 valence electrons. The highest BCUT2D eigenvalue weighted by Gasteiger charge is 2.92. The monoisotopic (exact) mass is 481 g/mol. The number of rotatable bonds is 6. The first-order chi connectivity index (χ1) is 16.2. The Balaban J connectivity index is 1.70. The molecular weight excluding hydrogens is 442 g/mol. The maximum Gasteiger partial charge on any atom is 0.311 e. The summed E-state index contributed by atoms with van der Waals surface area (Å²) in [4.78, 5) is 15.2. The number of methoxy groups -OCH3 is 4. The van der Waals surface area contributed by atoms with E-state index >= 15 is 0 Å². The quantitative estimate of drug-likeness (QED) is 0.494. The van der Waals surface area contributed by atoms with Crippen LogP contribution in [0.15, 0.2) is 0 Å². The van der Waals surface area contributed by atoms with E-state index in [9.17, 15) is 20.1 Å². The van der Waals surface area contributed by atoms with Crippen LogP contribution < -0.4 is 0 Å². The fourth-order valence-electron chi connectivity index (χ4n) is 10.9. The number of carboxylic acids is 1. The Hall–Kier alpha value is -0.810. The Bertz CT molecular complexity index is 887. The molecule has 6 rings (SSSR count). The Labute approximate surface area is 200 Å². The first-order valence-electron chi connectivity index (χ1n) is 12.7. The summed E-state index contributed by atoms with van der Waals surface area (Å²) in [5.74, 6) is -1.68. The molecule has 0 aromatic rings. The van der Waals surface area contributed by atoms with Crippen LogP contribution in [0.2, 0.25) is 0 Å². The van der Waals surface area contributed by atoms with Gasteiger partial charge >= 0.3 is 5.97 Å². The van der Waals surface area contributed by atoms with Crippen LogP contribution in [-0.2, 0) is 23.7 Å². The van der Waals surface area contributed by atoms with Crippen molar-refractivity contribution < 1.29 is 39.1 Å². The molecule has 0 unspecified atom stereocenters. The van der Waals surface area contributed by atoms with Crippen LogP contribution in [0, 0.1) is 34.5 Å². The van der Waals surface area contributed by atoms with E-state index in [-0.39, 0.29) is 42.5 Å². The second kappa shape index (κ2) is 7.15. The van der Waals surface area contributed by atoms with E-state index in [0.29, 0.717) is 25.9 Å². The highest BCUT2D eigenvalue weighted by molar-refractivity contribution is 5.77. The van der Waals surface area contributed by atoms with Crippen molar-refractivity contribution in [3.8, 4) is 0 Å². The van der Waals surface area contributed by atoms with Crippen LogP contribution in [0.4, 0.5) is 0 Å². The normalized spacial score (nSPS) is 59.3. The van der Waals surface area contributed by atoms with Gasteiger partial charge in [-0.05, 0) is 31.7 Å². The highest BCUT2D eigenvalue weighted by atomic mass is 16.5. The minimum Gasteiger partial charge on any atom is -0.481 e. The van der Waals surface area contributed by atoms with Crippen molar-refractivity contribution in [3.05, 3.63) is 0 Å². The Morgan fingerprint density at radius 2 is 1.82 bits per heavy atom. The molecule has 9 nitrogen and oxygen atoms in total. The van der Waals surface area contributed by atoms with Crippen LogP contribution in [0.1, 0.15) is 32.6 Å². The molecule has 6 fully saturated rings. The molecule has 1 spiro atoms. The average Bonchev–Trinajstić information content (AvgIpc) is 3.23. The summed E-state index contributed by atoms with van der Waals surface area (Å²) in [7, 11) is 6.57. The average molecular weight is 482 g/mol.